The van der Waals surface area contributed by atoms with Gasteiger partial charge in [-0.2, -0.15) is 0 Å². The van der Waals surface area contributed by atoms with Crippen LogP contribution < -0.4 is 10.6 Å². The van der Waals surface area contributed by atoms with E-state index in [4.69, 9.17) is 4.74 Å². The number of esters is 1. The number of nitrogens with one attached hydrogen (secondary N) is 2. The normalized spacial score (nSPS) is 12.6. The lowest BCUT2D eigenvalue weighted by Crippen LogP contribution is -2.52. The fourth-order valence-corrected chi connectivity index (χ4v) is 2.16. The third kappa shape index (κ3) is 7.47. The molecule has 8 heteroatoms. The van der Waals surface area contributed by atoms with E-state index in [1.165, 1.54) is 6.92 Å². The average Bonchev–Trinajstić information content (AvgIpc) is 2.54. The van der Waals surface area contributed by atoms with Gasteiger partial charge in [0.25, 0.3) is 0 Å². The SMILES string of the molecule is CCOC(=O)C[C@H](NC(=O)[C@@H](Cc1ccccc1)NC(C)=O)C(=O)O. The van der Waals surface area contributed by atoms with Crippen molar-refractivity contribution in [3.05, 3.63) is 35.9 Å². The number of carboxylic acids is 1. The van der Waals surface area contributed by atoms with Gasteiger partial charge in [0.05, 0.1) is 13.0 Å². The molecule has 0 unspecified atom stereocenters. The summed E-state index contributed by atoms with van der Waals surface area (Å²) in [4.78, 5) is 46.5. The molecule has 0 aliphatic carbocycles. The minimum Gasteiger partial charge on any atom is -0.480 e. The van der Waals surface area contributed by atoms with Gasteiger partial charge in [-0.05, 0) is 12.5 Å². The first-order valence-corrected chi connectivity index (χ1v) is 7.83. The van der Waals surface area contributed by atoms with Crippen LogP contribution in [0.1, 0.15) is 25.8 Å². The Kier molecular flexibility index (Phi) is 8.11. The molecular weight excluding hydrogens is 328 g/mol. The number of hydrogen-bond acceptors (Lipinski definition) is 5. The largest absolute Gasteiger partial charge is 0.480 e. The van der Waals surface area contributed by atoms with E-state index in [1.807, 2.05) is 6.07 Å². The van der Waals surface area contributed by atoms with Crippen LogP contribution >= 0.6 is 0 Å². The first-order chi connectivity index (χ1) is 11.8. The van der Waals surface area contributed by atoms with Crippen molar-refractivity contribution in [2.75, 3.05) is 6.61 Å². The standard InChI is InChI=1S/C17H22N2O6/c1-3-25-15(21)10-14(17(23)24)19-16(22)13(18-11(2)20)9-12-7-5-4-6-8-12/h4-8,13-14H,3,9-10H2,1-2H3,(H,18,20)(H,19,22)(H,23,24)/t13-,14+/m1/s1. The van der Waals surface area contributed by atoms with Crippen LogP contribution in [0.5, 0.6) is 0 Å². The van der Waals surface area contributed by atoms with Crippen LogP contribution in [0, 0.1) is 0 Å². The first-order valence-electron chi connectivity index (χ1n) is 7.83. The molecule has 1 aromatic rings. The molecule has 1 rings (SSSR count). The Labute approximate surface area is 145 Å². The predicted molar refractivity (Wildman–Crippen MR) is 88.6 cm³/mol. The molecule has 25 heavy (non-hydrogen) atoms. The Morgan fingerprint density at radius 3 is 2.24 bits per heavy atom. The summed E-state index contributed by atoms with van der Waals surface area (Å²) in [6.45, 7) is 2.97. The Balaban J connectivity index is 2.82. The number of hydrogen-bond donors (Lipinski definition) is 3. The smallest absolute Gasteiger partial charge is 0.326 e. The molecule has 0 fully saturated rings. The second-order valence-electron chi connectivity index (χ2n) is 5.35. The Morgan fingerprint density at radius 2 is 1.72 bits per heavy atom. The summed E-state index contributed by atoms with van der Waals surface area (Å²) in [7, 11) is 0. The zero-order chi connectivity index (χ0) is 18.8. The quantitative estimate of drug-likeness (QED) is 0.549. The molecule has 0 aromatic heterocycles. The van der Waals surface area contributed by atoms with E-state index in [0.29, 0.717) is 0 Å². The number of aliphatic carboxylic acids is 1. The van der Waals surface area contributed by atoms with Crippen LogP contribution in [0.2, 0.25) is 0 Å². The second-order valence-corrected chi connectivity index (χ2v) is 5.35. The molecule has 1 aromatic carbocycles. The summed E-state index contributed by atoms with van der Waals surface area (Å²) >= 11 is 0. The van der Waals surface area contributed by atoms with Crippen molar-refractivity contribution < 1.29 is 29.0 Å². The van der Waals surface area contributed by atoms with Crippen LogP contribution in [-0.2, 0) is 30.3 Å². The lowest BCUT2D eigenvalue weighted by Gasteiger charge is -2.20. The van der Waals surface area contributed by atoms with Crippen molar-refractivity contribution in [2.45, 2.75) is 38.8 Å². The number of amides is 2. The molecule has 0 radical (unpaired) electrons. The van der Waals surface area contributed by atoms with Gasteiger partial charge in [-0.3, -0.25) is 14.4 Å². The van der Waals surface area contributed by atoms with Crippen LogP contribution in [0.3, 0.4) is 0 Å². The van der Waals surface area contributed by atoms with Crippen molar-refractivity contribution in [2.24, 2.45) is 0 Å². The molecule has 0 saturated carbocycles. The average molecular weight is 350 g/mol. The molecule has 2 atom stereocenters. The Hall–Kier alpha value is -2.90. The predicted octanol–water partition coefficient (Wildman–Crippen LogP) is 0.256. The van der Waals surface area contributed by atoms with Crippen molar-refractivity contribution in [1.29, 1.82) is 0 Å². The van der Waals surface area contributed by atoms with Gasteiger partial charge < -0.3 is 20.5 Å². The van der Waals surface area contributed by atoms with E-state index in [9.17, 15) is 24.3 Å². The number of carboxylic acid groups (broad SMARTS) is 1. The maximum absolute atomic E-state index is 12.4. The van der Waals surface area contributed by atoms with Gasteiger partial charge >= 0.3 is 11.9 Å². The summed E-state index contributed by atoms with van der Waals surface area (Å²) in [5.41, 5.74) is 0.800. The topological polar surface area (TPSA) is 122 Å². The fraction of sp³-hybridized carbons (Fsp3) is 0.412. The summed E-state index contributed by atoms with van der Waals surface area (Å²) in [6, 6.07) is 6.58. The lowest BCUT2D eigenvalue weighted by atomic mass is 10.0. The van der Waals surface area contributed by atoms with Gasteiger partial charge in [-0.1, -0.05) is 30.3 Å². The molecular formula is C17H22N2O6. The summed E-state index contributed by atoms with van der Waals surface area (Å²) < 4.78 is 4.70. The number of benzene rings is 1. The van der Waals surface area contributed by atoms with E-state index in [-0.39, 0.29) is 13.0 Å². The maximum atomic E-state index is 12.4. The van der Waals surface area contributed by atoms with E-state index in [0.717, 1.165) is 5.56 Å². The highest BCUT2D eigenvalue weighted by molar-refractivity contribution is 5.91. The highest BCUT2D eigenvalue weighted by Crippen LogP contribution is 2.05. The Morgan fingerprint density at radius 1 is 1.08 bits per heavy atom. The molecule has 0 spiro atoms. The van der Waals surface area contributed by atoms with Crippen molar-refractivity contribution in [3.8, 4) is 0 Å². The summed E-state index contributed by atoms with van der Waals surface area (Å²) in [6.07, 6.45) is -0.301. The van der Waals surface area contributed by atoms with E-state index >= 15 is 0 Å². The van der Waals surface area contributed by atoms with Crippen LogP contribution in [0.4, 0.5) is 0 Å². The molecule has 136 valence electrons. The zero-order valence-corrected chi connectivity index (χ0v) is 14.2. The van der Waals surface area contributed by atoms with Crippen molar-refractivity contribution in [3.63, 3.8) is 0 Å². The highest BCUT2D eigenvalue weighted by Gasteiger charge is 2.28. The van der Waals surface area contributed by atoms with Gasteiger partial charge in [-0.25, -0.2) is 4.79 Å². The first kappa shape index (κ1) is 20.1. The summed E-state index contributed by atoms with van der Waals surface area (Å²) in [5.74, 6) is -3.19. The number of carbonyl (C=O) groups excluding carboxylic acids is 3. The van der Waals surface area contributed by atoms with Crippen molar-refractivity contribution >= 4 is 23.8 Å². The molecule has 0 saturated heterocycles. The third-order valence-electron chi connectivity index (χ3n) is 3.27. The third-order valence-corrected chi connectivity index (χ3v) is 3.27. The molecule has 0 aliphatic rings. The maximum Gasteiger partial charge on any atom is 0.326 e. The summed E-state index contributed by atoms with van der Waals surface area (Å²) in [5, 5.41) is 14.0. The molecule has 3 N–H and O–H groups in total. The van der Waals surface area contributed by atoms with Gasteiger partial charge in [0, 0.05) is 13.3 Å². The monoisotopic (exact) mass is 350 g/mol. The molecule has 8 nitrogen and oxygen atoms in total. The Bertz CT molecular complexity index is 617. The second kappa shape index (κ2) is 10.1. The van der Waals surface area contributed by atoms with Crippen molar-refractivity contribution in [1.82, 2.24) is 10.6 Å². The van der Waals surface area contributed by atoms with E-state index in [2.05, 4.69) is 10.6 Å². The molecule has 0 aliphatic heterocycles. The van der Waals surface area contributed by atoms with E-state index < -0.39 is 42.3 Å². The van der Waals surface area contributed by atoms with Gasteiger partial charge in [0.1, 0.15) is 12.1 Å². The van der Waals surface area contributed by atoms with Gasteiger partial charge in [-0.15, -0.1) is 0 Å². The molecule has 2 amide bonds. The minimum absolute atomic E-state index is 0.113. The molecule has 0 heterocycles. The minimum atomic E-state index is -1.43. The highest BCUT2D eigenvalue weighted by atomic mass is 16.5. The number of ether oxygens (including phenoxy) is 1. The number of rotatable bonds is 9. The van der Waals surface area contributed by atoms with Crippen LogP contribution in [-0.4, -0.2) is 47.6 Å². The van der Waals surface area contributed by atoms with Crippen LogP contribution in [0.25, 0.3) is 0 Å². The molecule has 0 bridgehead atoms. The zero-order valence-electron chi connectivity index (χ0n) is 14.2. The fourth-order valence-electron chi connectivity index (χ4n) is 2.16. The van der Waals surface area contributed by atoms with Crippen LogP contribution in [0.15, 0.2) is 30.3 Å². The lowest BCUT2D eigenvalue weighted by molar-refractivity contribution is -0.150. The van der Waals surface area contributed by atoms with Gasteiger partial charge in [0.2, 0.25) is 11.8 Å². The van der Waals surface area contributed by atoms with Gasteiger partial charge in [0.15, 0.2) is 0 Å². The number of carbonyl (C=O) groups is 4. The van der Waals surface area contributed by atoms with E-state index in [1.54, 1.807) is 31.2 Å².